The van der Waals surface area contributed by atoms with Crippen molar-refractivity contribution >= 4 is 29.1 Å². The van der Waals surface area contributed by atoms with Gasteiger partial charge in [0.1, 0.15) is 0 Å². The van der Waals surface area contributed by atoms with Crippen molar-refractivity contribution in [3.8, 4) is 0 Å². The minimum absolute atomic E-state index is 0.0819. The minimum atomic E-state index is 0.0819. The Balaban J connectivity index is 1.76. The summed E-state index contributed by atoms with van der Waals surface area (Å²) >= 11 is 11.9. The van der Waals surface area contributed by atoms with Crippen LogP contribution in [0.25, 0.3) is 0 Å². The van der Waals surface area contributed by atoms with E-state index in [0.29, 0.717) is 16.6 Å². The first kappa shape index (κ1) is 15.6. The molecule has 1 aromatic rings. The molecule has 1 aliphatic rings. The van der Waals surface area contributed by atoms with E-state index < -0.39 is 0 Å². The van der Waals surface area contributed by atoms with Crippen molar-refractivity contribution in [1.82, 2.24) is 10.6 Å². The predicted molar refractivity (Wildman–Crippen MR) is 83.5 cm³/mol. The molecular formula is C15H20Cl2N2O. The highest BCUT2D eigenvalue weighted by molar-refractivity contribution is 6.42. The lowest BCUT2D eigenvalue weighted by atomic mass is 10.1. The van der Waals surface area contributed by atoms with Crippen molar-refractivity contribution in [3.05, 3.63) is 33.8 Å². The van der Waals surface area contributed by atoms with Gasteiger partial charge in [0.05, 0.1) is 10.0 Å². The molecule has 1 amide bonds. The highest BCUT2D eigenvalue weighted by Crippen LogP contribution is 2.48. The lowest BCUT2D eigenvalue weighted by Crippen LogP contribution is -2.33. The summed E-state index contributed by atoms with van der Waals surface area (Å²) in [5.74, 6) is 0.506. The molecule has 1 saturated carbocycles. The van der Waals surface area contributed by atoms with E-state index in [1.807, 2.05) is 12.1 Å². The molecule has 0 saturated heterocycles. The fourth-order valence-electron chi connectivity index (χ4n) is 2.30. The minimum Gasteiger partial charge on any atom is -0.355 e. The van der Waals surface area contributed by atoms with Crippen molar-refractivity contribution in [1.29, 1.82) is 0 Å². The molecule has 0 aliphatic heterocycles. The number of halogens is 2. The number of hydrogen-bond donors (Lipinski definition) is 2. The predicted octanol–water partition coefficient (Wildman–Crippen LogP) is 3.21. The van der Waals surface area contributed by atoms with E-state index in [1.54, 1.807) is 6.07 Å². The third-order valence-electron chi connectivity index (χ3n) is 3.53. The molecule has 0 heterocycles. The Morgan fingerprint density at radius 2 is 2.05 bits per heavy atom. The first-order valence-electron chi connectivity index (χ1n) is 7.07. The smallest absolute Gasteiger partial charge is 0.223 e. The summed E-state index contributed by atoms with van der Waals surface area (Å²) in [4.78, 5) is 12.0. The molecule has 0 spiro atoms. The zero-order valence-corrected chi connectivity index (χ0v) is 13.1. The third kappa shape index (κ3) is 4.11. The van der Waals surface area contributed by atoms with Gasteiger partial charge >= 0.3 is 0 Å². The normalized spacial score (nSPS) is 20.8. The Kier molecular flexibility index (Phi) is 5.70. The Morgan fingerprint density at radius 1 is 1.25 bits per heavy atom. The molecule has 0 aromatic heterocycles. The Hall–Kier alpha value is -0.770. The summed E-state index contributed by atoms with van der Waals surface area (Å²) in [6.45, 7) is 4.62. The maximum atomic E-state index is 12.0. The SMILES string of the molecule is CCCNCCNC(=O)C1CC1c1ccc(Cl)c(Cl)c1. The Labute approximate surface area is 130 Å². The summed E-state index contributed by atoms with van der Waals surface area (Å²) < 4.78 is 0. The van der Waals surface area contributed by atoms with Crippen LogP contribution in [0.1, 0.15) is 31.2 Å². The molecule has 5 heteroatoms. The van der Waals surface area contributed by atoms with Crippen LogP contribution >= 0.6 is 23.2 Å². The summed E-state index contributed by atoms with van der Waals surface area (Å²) in [5.41, 5.74) is 1.10. The molecule has 0 bridgehead atoms. The van der Waals surface area contributed by atoms with Gasteiger partial charge in [0, 0.05) is 19.0 Å². The maximum Gasteiger partial charge on any atom is 0.223 e. The number of carbonyl (C=O) groups excluding carboxylic acids is 1. The van der Waals surface area contributed by atoms with Crippen LogP contribution in [0.2, 0.25) is 10.0 Å². The summed E-state index contributed by atoms with van der Waals surface area (Å²) in [5, 5.41) is 7.34. The molecule has 2 rings (SSSR count). The van der Waals surface area contributed by atoms with Gasteiger partial charge in [-0.25, -0.2) is 0 Å². The van der Waals surface area contributed by atoms with Gasteiger partial charge in [0.15, 0.2) is 0 Å². The van der Waals surface area contributed by atoms with Gasteiger partial charge in [0.2, 0.25) is 5.91 Å². The van der Waals surface area contributed by atoms with Gasteiger partial charge in [-0.15, -0.1) is 0 Å². The summed E-state index contributed by atoms with van der Waals surface area (Å²) in [6, 6.07) is 5.61. The molecule has 110 valence electrons. The molecule has 3 nitrogen and oxygen atoms in total. The van der Waals surface area contributed by atoms with E-state index in [0.717, 1.165) is 31.5 Å². The molecule has 1 aromatic carbocycles. The maximum absolute atomic E-state index is 12.0. The van der Waals surface area contributed by atoms with Crippen LogP contribution in [0.4, 0.5) is 0 Å². The summed E-state index contributed by atoms with van der Waals surface area (Å²) in [7, 11) is 0. The average molecular weight is 315 g/mol. The van der Waals surface area contributed by atoms with Gasteiger partial charge in [-0.05, 0) is 43.0 Å². The molecule has 1 fully saturated rings. The van der Waals surface area contributed by atoms with Crippen molar-refractivity contribution in [2.24, 2.45) is 5.92 Å². The van der Waals surface area contributed by atoms with Gasteiger partial charge in [0.25, 0.3) is 0 Å². The molecule has 20 heavy (non-hydrogen) atoms. The van der Waals surface area contributed by atoms with Crippen LogP contribution in [0, 0.1) is 5.92 Å². The number of amides is 1. The first-order valence-corrected chi connectivity index (χ1v) is 7.82. The molecule has 2 unspecified atom stereocenters. The third-order valence-corrected chi connectivity index (χ3v) is 4.27. The monoisotopic (exact) mass is 314 g/mol. The van der Waals surface area contributed by atoms with Crippen LogP contribution in [-0.4, -0.2) is 25.5 Å². The van der Waals surface area contributed by atoms with Gasteiger partial charge in [-0.2, -0.15) is 0 Å². The van der Waals surface area contributed by atoms with Crippen LogP contribution in [0.5, 0.6) is 0 Å². The lowest BCUT2D eigenvalue weighted by Gasteiger charge is -2.06. The quantitative estimate of drug-likeness (QED) is 0.759. The van der Waals surface area contributed by atoms with E-state index in [-0.39, 0.29) is 17.7 Å². The Morgan fingerprint density at radius 3 is 2.75 bits per heavy atom. The largest absolute Gasteiger partial charge is 0.355 e. The van der Waals surface area contributed by atoms with E-state index in [4.69, 9.17) is 23.2 Å². The van der Waals surface area contributed by atoms with Crippen LogP contribution in [-0.2, 0) is 4.79 Å². The average Bonchev–Trinajstić information content (AvgIpc) is 3.22. The van der Waals surface area contributed by atoms with E-state index >= 15 is 0 Å². The molecular weight excluding hydrogens is 295 g/mol. The zero-order chi connectivity index (χ0) is 14.5. The van der Waals surface area contributed by atoms with Crippen molar-refractivity contribution in [2.45, 2.75) is 25.7 Å². The lowest BCUT2D eigenvalue weighted by molar-refractivity contribution is -0.122. The second kappa shape index (κ2) is 7.30. The number of rotatable bonds is 7. The number of carbonyl (C=O) groups is 1. The molecule has 1 aliphatic carbocycles. The van der Waals surface area contributed by atoms with E-state index in [9.17, 15) is 4.79 Å². The van der Waals surface area contributed by atoms with Gasteiger partial charge in [-0.3, -0.25) is 4.79 Å². The van der Waals surface area contributed by atoms with Crippen molar-refractivity contribution in [2.75, 3.05) is 19.6 Å². The van der Waals surface area contributed by atoms with Crippen LogP contribution < -0.4 is 10.6 Å². The summed E-state index contributed by atoms with van der Waals surface area (Å²) in [6.07, 6.45) is 2.00. The molecule has 2 atom stereocenters. The molecule has 2 N–H and O–H groups in total. The zero-order valence-electron chi connectivity index (χ0n) is 11.6. The van der Waals surface area contributed by atoms with Crippen molar-refractivity contribution < 1.29 is 4.79 Å². The number of nitrogens with one attached hydrogen (secondary N) is 2. The number of hydrogen-bond acceptors (Lipinski definition) is 2. The first-order chi connectivity index (χ1) is 9.63. The fraction of sp³-hybridized carbons (Fsp3) is 0.533. The van der Waals surface area contributed by atoms with Crippen LogP contribution in [0.15, 0.2) is 18.2 Å². The fourth-order valence-corrected chi connectivity index (χ4v) is 2.61. The van der Waals surface area contributed by atoms with Crippen LogP contribution in [0.3, 0.4) is 0 Å². The van der Waals surface area contributed by atoms with E-state index in [1.165, 1.54) is 0 Å². The second-order valence-electron chi connectivity index (χ2n) is 5.16. The molecule has 0 radical (unpaired) electrons. The standard InChI is InChI=1S/C15H20Cl2N2O/c1-2-5-18-6-7-19-15(20)12-9-11(12)10-3-4-13(16)14(17)8-10/h3-4,8,11-12,18H,2,5-7,9H2,1H3,(H,19,20). The van der Waals surface area contributed by atoms with Gasteiger partial charge < -0.3 is 10.6 Å². The Bertz CT molecular complexity index is 479. The number of benzene rings is 1. The second-order valence-corrected chi connectivity index (χ2v) is 5.98. The highest BCUT2D eigenvalue weighted by Gasteiger charge is 2.43. The van der Waals surface area contributed by atoms with Gasteiger partial charge in [-0.1, -0.05) is 36.2 Å². The highest BCUT2D eigenvalue weighted by atomic mass is 35.5. The van der Waals surface area contributed by atoms with E-state index in [2.05, 4.69) is 17.6 Å². The van der Waals surface area contributed by atoms with Crippen molar-refractivity contribution in [3.63, 3.8) is 0 Å². The topological polar surface area (TPSA) is 41.1 Å².